The minimum atomic E-state index is -1.81. The molecule has 0 aromatic carbocycles. The van der Waals surface area contributed by atoms with Crippen molar-refractivity contribution in [2.24, 2.45) is 0 Å². The lowest BCUT2D eigenvalue weighted by Crippen LogP contribution is -2.37. The molecular formula is C17H26FN3O5. The number of rotatable bonds is 9. The summed E-state index contributed by atoms with van der Waals surface area (Å²) in [6.07, 6.45) is 0.780. The highest BCUT2D eigenvalue weighted by Gasteiger charge is 2.48. The number of hydrogen-bond donors (Lipinski definition) is 2. The molecule has 1 aromatic heterocycles. The van der Waals surface area contributed by atoms with Gasteiger partial charge in [-0.25, -0.2) is 9.18 Å². The smallest absolute Gasteiger partial charge is 0.351 e. The zero-order chi connectivity index (χ0) is 19.1. The van der Waals surface area contributed by atoms with Crippen LogP contribution >= 0.6 is 0 Å². The van der Waals surface area contributed by atoms with Crippen LogP contribution in [0.3, 0.4) is 0 Å². The molecule has 1 fully saturated rings. The number of ether oxygens (including phenoxy) is 2. The minimum Gasteiger partial charge on any atom is -0.456 e. The molecule has 1 unspecified atom stereocenters. The van der Waals surface area contributed by atoms with Crippen molar-refractivity contribution in [2.75, 3.05) is 12.3 Å². The SMILES string of the molecule is CCCCCCCC(=O)O[C@@H]1[C@@H](CO)OC(n2ccc(N)nc2=O)[C@@H]1F. The van der Waals surface area contributed by atoms with Gasteiger partial charge in [0.1, 0.15) is 11.9 Å². The first-order chi connectivity index (χ1) is 12.5. The van der Waals surface area contributed by atoms with E-state index in [-0.39, 0.29) is 12.2 Å². The van der Waals surface area contributed by atoms with E-state index in [2.05, 4.69) is 11.9 Å². The Balaban J connectivity index is 1.97. The number of aliphatic hydroxyl groups excluding tert-OH is 1. The summed E-state index contributed by atoms with van der Waals surface area (Å²) >= 11 is 0. The number of carbonyl (C=O) groups is 1. The van der Waals surface area contributed by atoms with E-state index in [0.717, 1.165) is 30.3 Å². The van der Waals surface area contributed by atoms with E-state index in [1.165, 1.54) is 12.3 Å². The summed E-state index contributed by atoms with van der Waals surface area (Å²) < 4.78 is 26.3. The summed E-state index contributed by atoms with van der Waals surface area (Å²) in [5, 5.41) is 9.41. The van der Waals surface area contributed by atoms with E-state index in [1.54, 1.807) is 0 Å². The maximum atomic E-state index is 14.8. The molecule has 4 atom stereocenters. The second-order valence-corrected chi connectivity index (χ2v) is 6.35. The van der Waals surface area contributed by atoms with Gasteiger partial charge in [0.15, 0.2) is 18.5 Å². The van der Waals surface area contributed by atoms with Crippen molar-refractivity contribution in [1.82, 2.24) is 9.55 Å². The number of halogens is 1. The van der Waals surface area contributed by atoms with Crippen LogP contribution in [-0.4, -0.2) is 45.6 Å². The third-order valence-electron chi connectivity index (χ3n) is 4.32. The first-order valence-corrected chi connectivity index (χ1v) is 8.92. The number of esters is 1. The van der Waals surface area contributed by atoms with Gasteiger partial charge in [-0.05, 0) is 12.5 Å². The molecule has 0 spiro atoms. The van der Waals surface area contributed by atoms with Gasteiger partial charge in [-0.3, -0.25) is 9.36 Å². The van der Waals surface area contributed by atoms with E-state index in [4.69, 9.17) is 15.2 Å². The van der Waals surface area contributed by atoms with Crippen molar-refractivity contribution in [2.45, 2.75) is 70.1 Å². The molecular weight excluding hydrogens is 345 g/mol. The Bertz CT molecular complexity index is 654. The third-order valence-corrected chi connectivity index (χ3v) is 4.32. The summed E-state index contributed by atoms with van der Waals surface area (Å²) in [6, 6.07) is 1.33. The minimum absolute atomic E-state index is 0.00409. The zero-order valence-electron chi connectivity index (χ0n) is 14.8. The molecule has 2 heterocycles. The Hall–Kier alpha value is -2.00. The molecule has 146 valence electrons. The van der Waals surface area contributed by atoms with Gasteiger partial charge < -0.3 is 20.3 Å². The van der Waals surface area contributed by atoms with Gasteiger partial charge >= 0.3 is 11.7 Å². The molecule has 0 radical (unpaired) electrons. The molecule has 1 aliphatic heterocycles. The number of nitrogen functional groups attached to an aromatic ring is 1. The molecule has 0 amide bonds. The maximum absolute atomic E-state index is 14.8. The largest absolute Gasteiger partial charge is 0.456 e. The van der Waals surface area contributed by atoms with E-state index in [1.807, 2.05) is 0 Å². The molecule has 8 nitrogen and oxygen atoms in total. The molecule has 0 saturated carbocycles. The molecule has 1 saturated heterocycles. The van der Waals surface area contributed by atoms with Crippen LogP contribution in [0.4, 0.5) is 10.2 Å². The van der Waals surface area contributed by atoms with Gasteiger partial charge in [-0.1, -0.05) is 32.6 Å². The van der Waals surface area contributed by atoms with Crippen LogP contribution in [0.25, 0.3) is 0 Å². The van der Waals surface area contributed by atoms with Crippen LogP contribution in [0.2, 0.25) is 0 Å². The quantitative estimate of drug-likeness (QED) is 0.497. The average Bonchev–Trinajstić information content (AvgIpc) is 2.91. The predicted octanol–water partition coefficient (Wildman–Crippen LogP) is 1.33. The molecule has 1 aromatic rings. The Kier molecular flexibility index (Phi) is 7.52. The normalized spacial score (nSPS) is 25.3. The van der Waals surface area contributed by atoms with Crippen molar-refractivity contribution in [3.63, 3.8) is 0 Å². The van der Waals surface area contributed by atoms with Gasteiger partial charge in [0.05, 0.1) is 6.61 Å². The molecule has 3 N–H and O–H groups in total. The zero-order valence-corrected chi connectivity index (χ0v) is 14.8. The van der Waals surface area contributed by atoms with Crippen molar-refractivity contribution in [1.29, 1.82) is 0 Å². The first-order valence-electron chi connectivity index (χ1n) is 8.92. The summed E-state index contributed by atoms with van der Waals surface area (Å²) in [5.41, 5.74) is 4.64. The fourth-order valence-corrected chi connectivity index (χ4v) is 2.91. The topological polar surface area (TPSA) is 117 Å². The summed E-state index contributed by atoms with van der Waals surface area (Å²) in [5.74, 6) is -0.538. The van der Waals surface area contributed by atoms with Gasteiger partial charge in [0.25, 0.3) is 0 Å². The number of nitrogens with zero attached hydrogens (tertiary/aromatic N) is 2. The molecule has 2 rings (SSSR count). The second kappa shape index (κ2) is 9.63. The van der Waals surface area contributed by atoms with E-state index in [9.17, 15) is 19.1 Å². The monoisotopic (exact) mass is 371 g/mol. The highest BCUT2D eigenvalue weighted by Crippen LogP contribution is 2.33. The van der Waals surface area contributed by atoms with Crippen molar-refractivity contribution in [3.8, 4) is 0 Å². The standard InChI is InChI=1S/C17H26FN3O5/c1-2-3-4-5-6-7-13(23)26-15-11(10-22)25-16(14(15)18)21-9-8-12(19)20-17(21)24/h8-9,11,14-16,22H,2-7,10H2,1H3,(H2,19,20,24)/t11-,14-,15-,16?/m1/s1. The van der Waals surface area contributed by atoms with Crippen molar-refractivity contribution in [3.05, 3.63) is 22.7 Å². The van der Waals surface area contributed by atoms with Crippen LogP contribution in [0.15, 0.2) is 17.1 Å². The fraction of sp³-hybridized carbons (Fsp3) is 0.706. The number of anilines is 1. The third kappa shape index (κ3) is 5.01. The van der Waals surface area contributed by atoms with Gasteiger partial charge in [-0.2, -0.15) is 4.98 Å². The van der Waals surface area contributed by atoms with Crippen molar-refractivity contribution >= 4 is 11.8 Å². The van der Waals surface area contributed by atoms with E-state index in [0.29, 0.717) is 6.42 Å². The second-order valence-electron chi connectivity index (χ2n) is 6.35. The predicted molar refractivity (Wildman–Crippen MR) is 92.1 cm³/mol. The van der Waals surface area contributed by atoms with Gasteiger partial charge in [0.2, 0.25) is 0 Å². The van der Waals surface area contributed by atoms with E-state index >= 15 is 0 Å². The van der Waals surface area contributed by atoms with E-state index < -0.39 is 42.9 Å². The fourth-order valence-electron chi connectivity index (χ4n) is 2.91. The summed E-state index contributed by atoms with van der Waals surface area (Å²) in [7, 11) is 0. The number of aromatic nitrogens is 2. The Morgan fingerprint density at radius 2 is 2.15 bits per heavy atom. The van der Waals surface area contributed by atoms with Gasteiger partial charge in [0, 0.05) is 12.6 Å². The lowest BCUT2D eigenvalue weighted by Gasteiger charge is -2.18. The lowest BCUT2D eigenvalue weighted by molar-refractivity contribution is -0.155. The Morgan fingerprint density at radius 3 is 2.81 bits per heavy atom. The number of carbonyl (C=O) groups excluding carboxylic acids is 1. The number of hydrogen-bond acceptors (Lipinski definition) is 7. The molecule has 1 aliphatic rings. The maximum Gasteiger partial charge on any atom is 0.351 e. The summed E-state index contributed by atoms with van der Waals surface area (Å²) in [6.45, 7) is 1.56. The van der Waals surface area contributed by atoms with Crippen molar-refractivity contribution < 1.29 is 23.8 Å². The number of unbranched alkanes of at least 4 members (excludes halogenated alkanes) is 4. The molecule has 0 aliphatic carbocycles. The van der Waals surface area contributed by atoms with Crippen LogP contribution in [0.1, 0.15) is 51.7 Å². The van der Waals surface area contributed by atoms with Crippen LogP contribution in [0.5, 0.6) is 0 Å². The van der Waals surface area contributed by atoms with Crippen LogP contribution in [-0.2, 0) is 14.3 Å². The van der Waals surface area contributed by atoms with Gasteiger partial charge in [-0.15, -0.1) is 0 Å². The molecule has 26 heavy (non-hydrogen) atoms. The molecule has 0 bridgehead atoms. The number of alkyl halides is 1. The first kappa shape index (κ1) is 20.3. The van der Waals surface area contributed by atoms with Crippen LogP contribution in [0, 0.1) is 0 Å². The Labute approximate surface area is 151 Å². The number of aliphatic hydroxyl groups is 1. The lowest BCUT2D eigenvalue weighted by atomic mass is 10.1. The van der Waals surface area contributed by atoms with Crippen LogP contribution < -0.4 is 11.4 Å². The number of nitrogens with two attached hydrogens (primary N) is 1. The molecule has 9 heteroatoms. The average molecular weight is 371 g/mol. The Morgan fingerprint density at radius 1 is 1.42 bits per heavy atom. The highest BCUT2D eigenvalue weighted by molar-refractivity contribution is 5.69. The summed E-state index contributed by atoms with van der Waals surface area (Å²) in [4.78, 5) is 27.4. The highest BCUT2D eigenvalue weighted by atomic mass is 19.1.